The Bertz CT molecular complexity index is 1000. The SMILES string of the molecule is C[C@@H](O)[C@H](NC(=O)c1ccc(C#Cc2ccc(CNCC3CCCCN3)cc2)cc1)C(=O)NO. The molecule has 8 heteroatoms. The fraction of sp³-hybridized carbons (Fsp3) is 0.385. The number of hydrogen-bond donors (Lipinski definition) is 6. The van der Waals surface area contributed by atoms with Crippen LogP contribution in [-0.4, -0.2) is 53.4 Å². The second-order valence-electron chi connectivity index (χ2n) is 8.47. The van der Waals surface area contributed by atoms with E-state index in [2.05, 4.69) is 39.9 Å². The highest BCUT2D eigenvalue weighted by molar-refractivity contribution is 5.97. The fourth-order valence-corrected chi connectivity index (χ4v) is 3.74. The predicted molar refractivity (Wildman–Crippen MR) is 129 cm³/mol. The van der Waals surface area contributed by atoms with E-state index < -0.39 is 24.0 Å². The van der Waals surface area contributed by atoms with Gasteiger partial charge in [0.05, 0.1) is 6.10 Å². The van der Waals surface area contributed by atoms with Gasteiger partial charge in [-0.05, 0) is 68.3 Å². The van der Waals surface area contributed by atoms with Crippen LogP contribution in [0.15, 0.2) is 48.5 Å². The van der Waals surface area contributed by atoms with E-state index in [4.69, 9.17) is 5.21 Å². The molecule has 1 aliphatic heterocycles. The lowest BCUT2D eigenvalue weighted by Crippen LogP contribution is -2.51. The van der Waals surface area contributed by atoms with Crippen LogP contribution < -0.4 is 21.4 Å². The van der Waals surface area contributed by atoms with Crippen LogP contribution in [0.5, 0.6) is 0 Å². The number of hydroxylamine groups is 1. The lowest BCUT2D eigenvalue weighted by atomic mass is 10.0. The molecule has 2 aromatic rings. The number of hydrogen-bond acceptors (Lipinski definition) is 6. The molecule has 8 nitrogen and oxygen atoms in total. The summed E-state index contributed by atoms with van der Waals surface area (Å²) < 4.78 is 0. The second-order valence-corrected chi connectivity index (χ2v) is 8.47. The Hall–Kier alpha value is -3.22. The highest BCUT2D eigenvalue weighted by atomic mass is 16.5. The van der Waals surface area contributed by atoms with Gasteiger partial charge in [-0.3, -0.25) is 14.8 Å². The average molecular weight is 465 g/mol. The molecule has 0 spiro atoms. The van der Waals surface area contributed by atoms with Gasteiger partial charge in [0.1, 0.15) is 6.04 Å². The van der Waals surface area contributed by atoms with Gasteiger partial charge >= 0.3 is 0 Å². The topological polar surface area (TPSA) is 123 Å². The maximum atomic E-state index is 12.3. The number of nitrogens with one attached hydrogen (secondary N) is 4. The molecule has 1 saturated heterocycles. The largest absolute Gasteiger partial charge is 0.391 e. The fourth-order valence-electron chi connectivity index (χ4n) is 3.74. The summed E-state index contributed by atoms with van der Waals surface area (Å²) in [5, 5.41) is 27.8. The summed E-state index contributed by atoms with van der Waals surface area (Å²) in [5.74, 6) is 4.76. The zero-order valence-corrected chi connectivity index (χ0v) is 19.3. The Morgan fingerprint density at radius 1 is 1.06 bits per heavy atom. The first kappa shape index (κ1) is 25.4. The first-order chi connectivity index (χ1) is 16.5. The number of piperidine rings is 1. The molecule has 0 saturated carbocycles. The summed E-state index contributed by atoms with van der Waals surface area (Å²) in [5.41, 5.74) is 4.59. The van der Waals surface area contributed by atoms with Crippen molar-refractivity contribution in [1.82, 2.24) is 21.4 Å². The summed E-state index contributed by atoms with van der Waals surface area (Å²) in [6, 6.07) is 14.0. The van der Waals surface area contributed by atoms with Gasteiger partial charge in [0.25, 0.3) is 11.8 Å². The Morgan fingerprint density at radius 3 is 2.26 bits per heavy atom. The molecule has 6 N–H and O–H groups in total. The van der Waals surface area contributed by atoms with Crippen LogP contribution in [0.4, 0.5) is 0 Å². The molecule has 3 rings (SSSR count). The summed E-state index contributed by atoms with van der Waals surface area (Å²) >= 11 is 0. The average Bonchev–Trinajstić information content (AvgIpc) is 2.87. The van der Waals surface area contributed by atoms with E-state index in [9.17, 15) is 14.7 Å². The molecule has 1 heterocycles. The van der Waals surface area contributed by atoms with Crippen LogP contribution in [0.1, 0.15) is 53.2 Å². The minimum Gasteiger partial charge on any atom is -0.391 e. The molecule has 0 aromatic heterocycles. The monoisotopic (exact) mass is 464 g/mol. The standard InChI is InChI=1S/C26H32N4O4/c1-18(31)24(26(33)30-34)29-25(32)22-13-11-20(12-14-22)6-5-19-7-9-21(10-8-19)16-27-17-23-4-2-3-15-28-23/h7-14,18,23-24,27-28,31,34H,2-4,15-17H2,1H3,(H,29,32)(H,30,33)/t18-,23?,24+/m1/s1. The molecule has 0 radical (unpaired) electrons. The van der Waals surface area contributed by atoms with Crippen molar-refractivity contribution >= 4 is 11.8 Å². The number of aliphatic hydroxyl groups is 1. The Labute approximate surface area is 200 Å². The normalized spacial score (nSPS) is 17.1. The van der Waals surface area contributed by atoms with Gasteiger partial charge in [-0.15, -0.1) is 0 Å². The van der Waals surface area contributed by atoms with Crippen LogP contribution in [0.25, 0.3) is 0 Å². The van der Waals surface area contributed by atoms with E-state index in [1.54, 1.807) is 24.3 Å². The molecule has 1 fully saturated rings. The van der Waals surface area contributed by atoms with Crippen molar-refractivity contribution in [3.63, 3.8) is 0 Å². The van der Waals surface area contributed by atoms with Gasteiger partial charge in [0.15, 0.2) is 0 Å². The van der Waals surface area contributed by atoms with E-state index in [1.165, 1.54) is 37.2 Å². The maximum Gasteiger partial charge on any atom is 0.268 e. The molecule has 1 aliphatic rings. The first-order valence-corrected chi connectivity index (χ1v) is 11.5. The lowest BCUT2D eigenvalue weighted by Gasteiger charge is -2.23. The Kier molecular flexibility index (Phi) is 9.62. The third-order valence-electron chi connectivity index (χ3n) is 5.75. The number of amides is 2. The molecule has 0 bridgehead atoms. The molecular weight excluding hydrogens is 432 g/mol. The zero-order valence-electron chi connectivity index (χ0n) is 19.3. The molecule has 0 aliphatic carbocycles. The molecule has 2 amide bonds. The highest BCUT2D eigenvalue weighted by Gasteiger charge is 2.25. The molecular formula is C26H32N4O4. The first-order valence-electron chi connectivity index (χ1n) is 11.5. The minimum atomic E-state index is -1.26. The number of carbonyl (C=O) groups is 2. The molecule has 34 heavy (non-hydrogen) atoms. The molecule has 2 aromatic carbocycles. The summed E-state index contributed by atoms with van der Waals surface area (Å²) in [6.07, 6.45) is 2.64. The number of aliphatic hydroxyl groups excluding tert-OH is 1. The number of benzene rings is 2. The van der Waals surface area contributed by atoms with Crippen molar-refractivity contribution in [3.05, 3.63) is 70.8 Å². The summed E-state index contributed by atoms with van der Waals surface area (Å²) in [6.45, 7) is 4.26. The van der Waals surface area contributed by atoms with Crippen molar-refractivity contribution in [3.8, 4) is 11.8 Å². The molecule has 180 valence electrons. The van der Waals surface area contributed by atoms with E-state index in [0.29, 0.717) is 11.6 Å². The summed E-state index contributed by atoms with van der Waals surface area (Å²) in [4.78, 5) is 23.9. The van der Waals surface area contributed by atoms with Crippen LogP contribution >= 0.6 is 0 Å². The number of rotatable bonds is 8. The van der Waals surface area contributed by atoms with E-state index in [0.717, 1.165) is 30.8 Å². The third-order valence-corrected chi connectivity index (χ3v) is 5.75. The van der Waals surface area contributed by atoms with Gasteiger partial charge in [-0.25, -0.2) is 5.48 Å². The smallest absolute Gasteiger partial charge is 0.268 e. The predicted octanol–water partition coefficient (Wildman–Crippen LogP) is 1.30. The molecule has 3 atom stereocenters. The van der Waals surface area contributed by atoms with Crippen LogP contribution in [0.3, 0.4) is 0 Å². The summed E-state index contributed by atoms with van der Waals surface area (Å²) in [7, 11) is 0. The third kappa shape index (κ3) is 7.68. The van der Waals surface area contributed by atoms with Crippen LogP contribution in [0, 0.1) is 11.8 Å². The second kappa shape index (κ2) is 12.9. The van der Waals surface area contributed by atoms with Gasteiger partial charge in [-0.1, -0.05) is 30.4 Å². The van der Waals surface area contributed by atoms with Crippen molar-refractivity contribution in [2.24, 2.45) is 0 Å². The van der Waals surface area contributed by atoms with Gasteiger partial charge in [0, 0.05) is 35.8 Å². The van der Waals surface area contributed by atoms with Crippen LogP contribution in [-0.2, 0) is 11.3 Å². The maximum absolute atomic E-state index is 12.3. The quantitative estimate of drug-likeness (QED) is 0.199. The zero-order chi connectivity index (χ0) is 24.3. The van der Waals surface area contributed by atoms with Crippen molar-refractivity contribution in [1.29, 1.82) is 0 Å². The highest BCUT2D eigenvalue weighted by Crippen LogP contribution is 2.08. The van der Waals surface area contributed by atoms with E-state index >= 15 is 0 Å². The minimum absolute atomic E-state index is 0.308. The van der Waals surface area contributed by atoms with E-state index in [-0.39, 0.29) is 0 Å². The number of carbonyl (C=O) groups excluding carboxylic acids is 2. The van der Waals surface area contributed by atoms with Gasteiger partial charge < -0.3 is 21.1 Å². The Balaban J connectivity index is 1.51. The van der Waals surface area contributed by atoms with Crippen molar-refractivity contribution < 1.29 is 19.9 Å². The lowest BCUT2D eigenvalue weighted by molar-refractivity contribution is -0.133. The molecule has 1 unspecified atom stereocenters. The van der Waals surface area contributed by atoms with Gasteiger partial charge in [0.2, 0.25) is 0 Å². The van der Waals surface area contributed by atoms with Crippen LogP contribution in [0.2, 0.25) is 0 Å². The van der Waals surface area contributed by atoms with Crippen molar-refractivity contribution in [2.75, 3.05) is 13.1 Å². The Morgan fingerprint density at radius 2 is 1.71 bits per heavy atom. The van der Waals surface area contributed by atoms with Gasteiger partial charge in [-0.2, -0.15) is 0 Å². The van der Waals surface area contributed by atoms with E-state index in [1.807, 2.05) is 12.1 Å². The van der Waals surface area contributed by atoms with Crippen molar-refractivity contribution in [2.45, 2.75) is 50.9 Å².